The van der Waals surface area contributed by atoms with E-state index in [4.69, 9.17) is 9.15 Å². The molecular formula is C21H30N4O4. The molecule has 1 aliphatic rings. The zero-order valence-electron chi connectivity index (χ0n) is 17.4. The second-order valence-electron chi connectivity index (χ2n) is 8.37. The van der Waals surface area contributed by atoms with E-state index in [1.165, 1.54) is 0 Å². The zero-order valence-corrected chi connectivity index (χ0v) is 17.4. The molecule has 8 heteroatoms. The number of hydrogen-bond donors (Lipinski definition) is 2. The van der Waals surface area contributed by atoms with E-state index >= 15 is 0 Å². The number of piperidine rings is 1. The number of para-hydroxylation sites is 2. The molecular weight excluding hydrogens is 372 g/mol. The van der Waals surface area contributed by atoms with Crippen LogP contribution in [0.5, 0.6) is 0 Å². The Labute approximate surface area is 171 Å². The number of alkyl carbamates (subject to hydrolysis) is 1. The topological polar surface area (TPSA) is 96.7 Å². The number of fused-ring (bicyclic) bond motifs is 1. The van der Waals surface area contributed by atoms with Crippen LogP contribution in [0.3, 0.4) is 0 Å². The largest absolute Gasteiger partial charge is 0.444 e. The van der Waals surface area contributed by atoms with Gasteiger partial charge in [-0.3, -0.25) is 9.69 Å². The fourth-order valence-electron chi connectivity index (χ4n) is 3.40. The molecule has 2 N–H and O–H groups in total. The summed E-state index contributed by atoms with van der Waals surface area (Å²) >= 11 is 0. The van der Waals surface area contributed by atoms with Gasteiger partial charge in [-0.25, -0.2) is 9.78 Å². The second-order valence-corrected chi connectivity index (χ2v) is 8.37. The maximum atomic E-state index is 12.5. The molecule has 3 rings (SSSR count). The normalized spacial score (nSPS) is 17.8. The van der Waals surface area contributed by atoms with Crippen LogP contribution in [0.15, 0.2) is 28.7 Å². The quantitative estimate of drug-likeness (QED) is 0.721. The van der Waals surface area contributed by atoms with Crippen LogP contribution < -0.4 is 10.6 Å². The second kappa shape index (κ2) is 9.26. The Morgan fingerprint density at radius 2 is 2.00 bits per heavy atom. The number of nitrogens with one attached hydrogen (secondary N) is 2. The standard InChI is InChI=1S/C21H30N4O4/c1-21(2,3)29-20(27)23-11-10-22-19(26)15-7-6-12-25(13-15)14-18-24-16-8-4-5-9-17(16)28-18/h4-5,8-9,15H,6-7,10-14H2,1-3H3,(H,22,26)(H,23,27). The molecule has 0 radical (unpaired) electrons. The van der Waals surface area contributed by atoms with Crippen LogP contribution in [0.1, 0.15) is 39.5 Å². The summed E-state index contributed by atoms with van der Waals surface area (Å²) in [4.78, 5) is 30.8. The smallest absolute Gasteiger partial charge is 0.407 e. The van der Waals surface area contributed by atoms with Gasteiger partial charge in [0.2, 0.25) is 11.8 Å². The summed E-state index contributed by atoms with van der Waals surface area (Å²) in [6.07, 6.45) is 1.33. The van der Waals surface area contributed by atoms with E-state index < -0.39 is 11.7 Å². The van der Waals surface area contributed by atoms with Crippen molar-refractivity contribution in [3.63, 3.8) is 0 Å². The Bertz CT molecular complexity index is 810. The van der Waals surface area contributed by atoms with Crippen molar-refractivity contribution in [2.75, 3.05) is 26.2 Å². The molecule has 0 spiro atoms. The molecule has 1 saturated heterocycles. The van der Waals surface area contributed by atoms with Crippen molar-refractivity contribution in [3.05, 3.63) is 30.2 Å². The third-order valence-corrected chi connectivity index (χ3v) is 4.67. The van der Waals surface area contributed by atoms with Gasteiger partial charge in [0.05, 0.1) is 12.5 Å². The molecule has 0 bridgehead atoms. The molecule has 1 unspecified atom stereocenters. The van der Waals surface area contributed by atoms with E-state index in [0.29, 0.717) is 32.1 Å². The van der Waals surface area contributed by atoms with Gasteiger partial charge in [0.25, 0.3) is 0 Å². The Morgan fingerprint density at radius 3 is 2.76 bits per heavy atom. The van der Waals surface area contributed by atoms with E-state index in [-0.39, 0.29) is 11.8 Å². The molecule has 1 aromatic carbocycles. The summed E-state index contributed by atoms with van der Waals surface area (Å²) in [5, 5.41) is 5.55. The van der Waals surface area contributed by atoms with Crippen LogP contribution in [0.25, 0.3) is 11.1 Å². The van der Waals surface area contributed by atoms with Crippen molar-refractivity contribution < 1.29 is 18.7 Å². The maximum Gasteiger partial charge on any atom is 0.407 e. The minimum atomic E-state index is -0.534. The van der Waals surface area contributed by atoms with Crippen LogP contribution in [0.2, 0.25) is 0 Å². The van der Waals surface area contributed by atoms with Gasteiger partial charge >= 0.3 is 6.09 Å². The number of aromatic nitrogens is 1. The van der Waals surface area contributed by atoms with Crippen molar-refractivity contribution in [2.45, 2.75) is 45.8 Å². The summed E-state index contributed by atoms with van der Waals surface area (Å²) in [5.74, 6) is 0.613. The third kappa shape index (κ3) is 6.45. The van der Waals surface area contributed by atoms with Gasteiger partial charge in [0, 0.05) is 19.6 Å². The summed E-state index contributed by atoms with van der Waals surface area (Å²) in [7, 11) is 0. The SMILES string of the molecule is CC(C)(C)OC(=O)NCCNC(=O)C1CCCN(Cc2nc3ccccc3o2)C1. The third-order valence-electron chi connectivity index (χ3n) is 4.67. The average Bonchev–Trinajstić information content (AvgIpc) is 3.06. The molecule has 1 atom stereocenters. The predicted octanol–water partition coefficient (Wildman–Crippen LogP) is 2.68. The highest BCUT2D eigenvalue weighted by Gasteiger charge is 2.26. The average molecular weight is 402 g/mol. The van der Waals surface area contributed by atoms with Gasteiger partial charge in [0.1, 0.15) is 11.1 Å². The van der Waals surface area contributed by atoms with Crippen molar-refractivity contribution in [2.24, 2.45) is 5.92 Å². The predicted molar refractivity (Wildman–Crippen MR) is 109 cm³/mol. The lowest BCUT2D eigenvalue weighted by molar-refractivity contribution is -0.126. The molecule has 2 aromatic rings. The fourth-order valence-corrected chi connectivity index (χ4v) is 3.40. The van der Waals surface area contributed by atoms with Gasteiger partial charge in [-0.1, -0.05) is 12.1 Å². The first-order chi connectivity index (χ1) is 13.8. The number of rotatable bonds is 6. The van der Waals surface area contributed by atoms with E-state index in [2.05, 4.69) is 20.5 Å². The van der Waals surface area contributed by atoms with Crippen LogP contribution in [0.4, 0.5) is 4.79 Å². The van der Waals surface area contributed by atoms with Crippen LogP contribution in [-0.4, -0.2) is 53.7 Å². The fraction of sp³-hybridized carbons (Fsp3) is 0.571. The number of ether oxygens (including phenoxy) is 1. The van der Waals surface area contributed by atoms with Crippen LogP contribution in [0, 0.1) is 5.92 Å². The lowest BCUT2D eigenvalue weighted by Crippen LogP contribution is -2.44. The number of hydrogen-bond acceptors (Lipinski definition) is 6. The summed E-state index contributed by atoms with van der Waals surface area (Å²) in [6, 6.07) is 7.70. The van der Waals surface area contributed by atoms with Gasteiger partial charge in [-0.15, -0.1) is 0 Å². The molecule has 2 amide bonds. The van der Waals surface area contributed by atoms with Crippen molar-refractivity contribution in [1.82, 2.24) is 20.5 Å². The Hall–Kier alpha value is -2.61. The maximum absolute atomic E-state index is 12.5. The first kappa shape index (κ1) is 21.1. The van der Waals surface area contributed by atoms with Crippen LogP contribution >= 0.6 is 0 Å². The molecule has 8 nitrogen and oxygen atoms in total. The Balaban J connectivity index is 1.41. The van der Waals surface area contributed by atoms with Crippen LogP contribution in [-0.2, 0) is 16.1 Å². The molecule has 158 valence electrons. The lowest BCUT2D eigenvalue weighted by Gasteiger charge is -2.31. The molecule has 1 aliphatic heterocycles. The number of likely N-dealkylation sites (tertiary alicyclic amines) is 1. The van der Waals surface area contributed by atoms with E-state index in [1.54, 1.807) is 0 Å². The first-order valence-electron chi connectivity index (χ1n) is 10.1. The molecule has 2 heterocycles. The van der Waals surface area contributed by atoms with Gasteiger partial charge in [-0.05, 0) is 52.3 Å². The Morgan fingerprint density at radius 1 is 1.24 bits per heavy atom. The van der Waals surface area contributed by atoms with Gasteiger partial charge in [-0.2, -0.15) is 0 Å². The first-order valence-corrected chi connectivity index (χ1v) is 10.1. The highest BCUT2D eigenvalue weighted by atomic mass is 16.6. The number of oxazole rings is 1. The van der Waals surface area contributed by atoms with Crippen molar-refractivity contribution in [3.8, 4) is 0 Å². The number of benzene rings is 1. The molecule has 29 heavy (non-hydrogen) atoms. The minimum Gasteiger partial charge on any atom is -0.444 e. The molecule has 1 fully saturated rings. The van der Waals surface area contributed by atoms with E-state index in [9.17, 15) is 9.59 Å². The Kier molecular flexibility index (Phi) is 6.74. The van der Waals surface area contributed by atoms with Crippen molar-refractivity contribution >= 4 is 23.1 Å². The summed E-state index contributed by atoms with van der Waals surface area (Å²) in [5.41, 5.74) is 1.10. The lowest BCUT2D eigenvalue weighted by atomic mass is 9.97. The number of carbonyl (C=O) groups is 2. The number of nitrogens with zero attached hydrogens (tertiary/aromatic N) is 2. The highest BCUT2D eigenvalue weighted by Crippen LogP contribution is 2.21. The molecule has 0 saturated carbocycles. The monoisotopic (exact) mass is 402 g/mol. The number of carbonyl (C=O) groups excluding carboxylic acids is 2. The minimum absolute atomic E-state index is 0.0123. The van der Waals surface area contributed by atoms with E-state index in [0.717, 1.165) is 30.5 Å². The molecule has 1 aromatic heterocycles. The summed E-state index contributed by atoms with van der Waals surface area (Å²) < 4.78 is 11.0. The highest BCUT2D eigenvalue weighted by molar-refractivity contribution is 5.79. The van der Waals surface area contributed by atoms with Crippen molar-refractivity contribution in [1.29, 1.82) is 0 Å². The van der Waals surface area contributed by atoms with E-state index in [1.807, 2.05) is 45.0 Å². The van der Waals surface area contributed by atoms with Gasteiger partial charge in [0.15, 0.2) is 5.58 Å². The number of amides is 2. The summed E-state index contributed by atoms with van der Waals surface area (Å²) in [6.45, 7) is 8.32. The zero-order chi connectivity index (χ0) is 20.9. The van der Waals surface area contributed by atoms with Gasteiger partial charge < -0.3 is 19.8 Å². The molecule has 0 aliphatic carbocycles.